The van der Waals surface area contributed by atoms with E-state index in [9.17, 15) is 14.7 Å². The quantitative estimate of drug-likeness (QED) is 0.631. The summed E-state index contributed by atoms with van der Waals surface area (Å²) < 4.78 is 15.4. The fraction of sp³-hybridized carbons (Fsp3) is 0.412. The summed E-state index contributed by atoms with van der Waals surface area (Å²) in [6.45, 7) is 3.91. The Hall–Kier alpha value is -2.54. The first-order valence-electron chi connectivity index (χ1n) is 7.36. The fourth-order valence-corrected chi connectivity index (χ4v) is 2.22. The van der Waals surface area contributed by atoms with Crippen LogP contribution in [-0.4, -0.2) is 51.0 Å². The Kier molecular flexibility index (Phi) is 7.77. The minimum atomic E-state index is -1.12. The van der Waals surface area contributed by atoms with E-state index >= 15 is 0 Å². The summed E-state index contributed by atoms with van der Waals surface area (Å²) in [5, 5.41) is 11.7. The zero-order valence-corrected chi connectivity index (χ0v) is 14.1. The van der Waals surface area contributed by atoms with E-state index in [4.69, 9.17) is 14.2 Å². The van der Waals surface area contributed by atoms with Gasteiger partial charge in [0, 0.05) is 31.3 Å². The third-order valence-corrected chi connectivity index (χ3v) is 3.40. The molecule has 1 aromatic carbocycles. The Bertz CT molecular complexity index is 599. The molecule has 1 unspecified atom stereocenters. The van der Waals surface area contributed by atoms with Gasteiger partial charge in [-0.15, -0.1) is 6.58 Å². The highest BCUT2D eigenvalue weighted by Gasteiger charge is 2.22. The van der Waals surface area contributed by atoms with E-state index in [0.29, 0.717) is 17.9 Å². The molecule has 7 heteroatoms. The third-order valence-electron chi connectivity index (χ3n) is 3.40. The summed E-state index contributed by atoms with van der Waals surface area (Å²) in [6, 6.07) is 2.11. The molecule has 1 aromatic rings. The topological polar surface area (TPSA) is 94.1 Å². The second kappa shape index (κ2) is 9.57. The normalized spacial score (nSPS) is 11.5. The molecule has 0 heterocycles. The molecular formula is C17H23NO6. The molecule has 0 saturated heterocycles. The molecule has 1 atom stereocenters. The number of allylic oxidation sites excluding steroid dienone is 1. The molecule has 0 spiro atoms. The molecule has 2 N–H and O–H groups in total. The van der Waals surface area contributed by atoms with Crippen LogP contribution >= 0.6 is 0 Å². The molecule has 1 rings (SSSR count). The van der Waals surface area contributed by atoms with Crippen molar-refractivity contribution in [1.82, 2.24) is 5.32 Å². The monoisotopic (exact) mass is 337 g/mol. The van der Waals surface area contributed by atoms with Crippen LogP contribution < -0.4 is 14.8 Å². The number of ether oxygens (including phenoxy) is 3. The molecule has 0 aromatic heterocycles. The van der Waals surface area contributed by atoms with Crippen LogP contribution in [0.3, 0.4) is 0 Å². The Morgan fingerprint density at radius 1 is 1.29 bits per heavy atom. The molecule has 0 aliphatic carbocycles. The number of rotatable bonds is 10. The van der Waals surface area contributed by atoms with Gasteiger partial charge in [0.1, 0.15) is 6.04 Å². The number of carboxylic acids is 1. The summed E-state index contributed by atoms with van der Waals surface area (Å²) in [4.78, 5) is 23.6. The lowest BCUT2D eigenvalue weighted by Crippen LogP contribution is -2.41. The van der Waals surface area contributed by atoms with E-state index in [1.165, 1.54) is 27.4 Å². The molecule has 0 aliphatic heterocycles. The maximum Gasteiger partial charge on any atom is 0.326 e. The number of methoxy groups -OCH3 is 3. The molecule has 7 nitrogen and oxygen atoms in total. The van der Waals surface area contributed by atoms with Crippen molar-refractivity contribution in [2.24, 2.45) is 0 Å². The molecule has 0 aliphatic rings. The van der Waals surface area contributed by atoms with Crippen molar-refractivity contribution < 1.29 is 28.9 Å². The van der Waals surface area contributed by atoms with Crippen LogP contribution in [0.5, 0.6) is 11.5 Å². The number of carbonyl (C=O) groups excluding carboxylic acids is 1. The minimum Gasteiger partial charge on any atom is -0.493 e. The third kappa shape index (κ3) is 4.99. The maximum atomic E-state index is 12.4. The summed E-state index contributed by atoms with van der Waals surface area (Å²) in [5.41, 5.74) is 1.01. The molecule has 0 saturated carbocycles. The molecule has 24 heavy (non-hydrogen) atoms. The highest BCUT2D eigenvalue weighted by atomic mass is 16.5. The Morgan fingerprint density at radius 2 is 2.00 bits per heavy atom. The van der Waals surface area contributed by atoms with Gasteiger partial charge in [-0.2, -0.15) is 0 Å². The van der Waals surface area contributed by atoms with E-state index in [-0.39, 0.29) is 18.6 Å². The van der Waals surface area contributed by atoms with E-state index in [0.717, 1.165) is 5.56 Å². The maximum absolute atomic E-state index is 12.4. The van der Waals surface area contributed by atoms with Crippen LogP contribution in [0.4, 0.5) is 0 Å². The molecular weight excluding hydrogens is 314 g/mol. The first-order chi connectivity index (χ1) is 11.5. The molecule has 132 valence electrons. The Morgan fingerprint density at radius 3 is 2.50 bits per heavy atom. The number of carboxylic acid groups (broad SMARTS) is 1. The van der Waals surface area contributed by atoms with Gasteiger partial charge >= 0.3 is 5.97 Å². The van der Waals surface area contributed by atoms with Crippen LogP contribution in [-0.2, 0) is 16.0 Å². The van der Waals surface area contributed by atoms with E-state index in [1.807, 2.05) is 0 Å². The van der Waals surface area contributed by atoms with Crippen molar-refractivity contribution in [2.75, 3.05) is 27.9 Å². The first-order valence-corrected chi connectivity index (χ1v) is 7.36. The molecule has 1 amide bonds. The second-order valence-electron chi connectivity index (χ2n) is 5.01. The van der Waals surface area contributed by atoms with E-state index in [1.54, 1.807) is 12.1 Å². The van der Waals surface area contributed by atoms with Gasteiger partial charge in [-0.1, -0.05) is 6.08 Å². The molecule has 0 radical (unpaired) electrons. The van der Waals surface area contributed by atoms with Crippen molar-refractivity contribution in [3.05, 3.63) is 35.9 Å². The average molecular weight is 337 g/mol. The van der Waals surface area contributed by atoms with Crippen LogP contribution in [0.25, 0.3) is 0 Å². The van der Waals surface area contributed by atoms with Gasteiger partial charge in [0.25, 0.3) is 5.91 Å². The summed E-state index contributed by atoms with van der Waals surface area (Å²) in [6.07, 6.45) is 2.33. The Labute approximate surface area is 141 Å². The number of carbonyl (C=O) groups is 2. The lowest BCUT2D eigenvalue weighted by Gasteiger charge is -2.17. The van der Waals surface area contributed by atoms with Crippen LogP contribution in [0.15, 0.2) is 24.8 Å². The molecule has 0 bridgehead atoms. The lowest BCUT2D eigenvalue weighted by atomic mass is 10.0. The Balaban J connectivity index is 3.10. The van der Waals surface area contributed by atoms with Crippen molar-refractivity contribution in [3.63, 3.8) is 0 Å². The second-order valence-corrected chi connectivity index (χ2v) is 5.01. The summed E-state index contributed by atoms with van der Waals surface area (Å²) in [5.74, 6) is -0.717. The van der Waals surface area contributed by atoms with Crippen LogP contribution in [0.2, 0.25) is 0 Å². The number of aliphatic carboxylic acids is 1. The number of nitrogens with one attached hydrogen (secondary N) is 1. The average Bonchev–Trinajstić information content (AvgIpc) is 2.57. The first kappa shape index (κ1) is 19.5. The van der Waals surface area contributed by atoms with Gasteiger partial charge in [-0.25, -0.2) is 4.79 Å². The smallest absolute Gasteiger partial charge is 0.326 e. The van der Waals surface area contributed by atoms with Gasteiger partial charge < -0.3 is 24.6 Å². The van der Waals surface area contributed by atoms with Gasteiger partial charge in [-0.3, -0.25) is 4.79 Å². The zero-order chi connectivity index (χ0) is 18.1. The SMILES string of the molecule is C=CCc1cc(C(=O)NC(CCOC)C(=O)O)cc(OC)c1OC. The van der Waals surface area contributed by atoms with Crippen molar-refractivity contribution >= 4 is 11.9 Å². The fourth-order valence-electron chi connectivity index (χ4n) is 2.22. The standard InChI is InChI=1S/C17H23NO6/c1-5-6-11-9-12(10-14(23-3)15(11)24-4)16(19)18-13(17(20)21)7-8-22-2/h5,9-10,13H,1,6-8H2,2-4H3,(H,18,19)(H,20,21). The lowest BCUT2D eigenvalue weighted by molar-refractivity contribution is -0.139. The van der Waals surface area contributed by atoms with Crippen LogP contribution in [0, 0.1) is 0 Å². The number of hydrogen-bond acceptors (Lipinski definition) is 5. The summed E-state index contributed by atoms with van der Waals surface area (Å²) >= 11 is 0. The van der Waals surface area contributed by atoms with Crippen molar-refractivity contribution in [2.45, 2.75) is 18.9 Å². The van der Waals surface area contributed by atoms with E-state index in [2.05, 4.69) is 11.9 Å². The highest BCUT2D eigenvalue weighted by Crippen LogP contribution is 2.33. The van der Waals surface area contributed by atoms with Crippen LogP contribution in [0.1, 0.15) is 22.3 Å². The van der Waals surface area contributed by atoms with Gasteiger partial charge in [-0.05, 0) is 18.6 Å². The van der Waals surface area contributed by atoms with Gasteiger partial charge in [0.15, 0.2) is 11.5 Å². The van der Waals surface area contributed by atoms with Gasteiger partial charge in [0.2, 0.25) is 0 Å². The number of amides is 1. The number of benzene rings is 1. The number of hydrogen-bond donors (Lipinski definition) is 2. The largest absolute Gasteiger partial charge is 0.493 e. The predicted molar refractivity (Wildman–Crippen MR) is 88.8 cm³/mol. The summed E-state index contributed by atoms with van der Waals surface area (Å²) in [7, 11) is 4.45. The minimum absolute atomic E-state index is 0.171. The van der Waals surface area contributed by atoms with E-state index < -0.39 is 17.9 Å². The predicted octanol–water partition coefficient (Wildman–Crippen LogP) is 1.65. The van der Waals surface area contributed by atoms with Crippen molar-refractivity contribution in [1.29, 1.82) is 0 Å². The van der Waals surface area contributed by atoms with Crippen molar-refractivity contribution in [3.8, 4) is 11.5 Å². The molecule has 0 fully saturated rings. The zero-order valence-electron chi connectivity index (χ0n) is 14.1. The van der Waals surface area contributed by atoms with Gasteiger partial charge in [0.05, 0.1) is 14.2 Å². The highest BCUT2D eigenvalue weighted by molar-refractivity contribution is 5.97.